The van der Waals surface area contributed by atoms with Crippen molar-refractivity contribution in [1.29, 1.82) is 0 Å². The summed E-state index contributed by atoms with van der Waals surface area (Å²) in [5.74, 6) is 2.32. The number of para-hydroxylation sites is 1. The Balaban J connectivity index is 1.38. The fraction of sp³-hybridized carbons (Fsp3) is 0.130. The fourth-order valence-electron chi connectivity index (χ4n) is 2.82. The van der Waals surface area contributed by atoms with Gasteiger partial charge in [0.25, 0.3) is 5.91 Å². The van der Waals surface area contributed by atoms with Gasteiger partial charge in [-0.2, -0.15) is 0 Å². The highest BCUT2D eigenvalue weighted by atomic mass is 16.7. The SMILES string of the molecule is CN(C)C(=O)c1ccc(OC2=C[C@@H](c3ccc(Oc4ccccc4)cc3)ON2)cn1. The minimum Gasteiger partial charge on any atom is -0.457 e. The number of nitrogens with one attached hydrogen (secondary N) is 1. The predicted octanol–water partition coefficient (Wildman–Crippen LogP) is 4.07. The highest BCUT2D eigenvalue weighted by Gasteiger charge is 2.20. The van der Waals surface area contributed by atoms with Crippen LogP contribution in [0.4, 0.5) is 0 Å². The third-order valence-electron chi connectivity index (χ3n) is 4.37. The number of rotatable bonds is 6. The van der Waals surface area contributed by atoms with Crippen molar-refractivity contribution >= 4 is 5.91 Å². The Morgan fingerprint density at radius 2 is 1.63 bits per heavy atom. The van der Waals surface area contributed by atoms with Crippen LogP contribution in [0.1, 0.15) is 22.2 Å². The van der Waals surface area contributed by atoms with Crippen LogP contribution in [0, 0.1) is 0 Å². The van der Waals surface area contributed by atoms with Gasteiger partial charge in [0.05, 0.1) is 6.20 Å². The normalized spacial score (nSPS) is 15.1. The van der Waals surface area contributed by atoms with Crippen molar-refractivity contribution in [2.45, 2.75) is 6.10 Å². The van der Waals surface area contributed by atoms with E-state index in [0.29, 0.717) is 17.3 Å². The van der Waals surface area contributed by atoms with Crippen molar-refractivity contribution in [3.05, 3.63) is 96.1 Å². The number of benzene rings is 2. The number of ether oxygens (including phenoxy) is 2. The molecule has 0 saturated heterocycles. The van der Waals surface area contributed by atoms with Gasteiger partial charge >= 0.3 is 0 Å². The van der Waals surface area contributed by atoms with Crippen molar-refractivity contribution in [3.8, 4) is 17.2 Å². The third-order valence-corrected chi connectivity index (χ3v) is 4.37. The summed E-state index contributed by atoms with van der Waals surface area (Å²) in [7, 11) is 3.36. The molecule has 0 aliphatic carbocycles. The number of hydrogen-bond acceptors (Lipinski definition) is 6. The number of hydrogen-bond donors (Lipinski definition) is 1. The summed E-state index contributed by atoms with van der Waals surface area (Å²) >= 11 is 0. The molecule has 0 radical (unpaired) electrons. The van der Waals surface area contributed by atoms with Gasteiger partial charge in [-0.15, -0.1) is 0 Å². The van der Waals surface area contributed by atoms with E-state index in [1.165, 1.54) is 11.1 Å². The van der Waals surface area contributed by atoms with Crippen LogP contribution in [0.3, 0.4) is 0 Å². The first kappa shape index (κ1) is 19.5. The van der Waals surface area contributed by atoms with Crippen molar-refractivity contribution in [2.75, 3.05) is 14.1 Å². The van der Waals surface area contributed by atoms with E-state index in [0.717, 1.165) is 17.1 Å². The van der Waals surface area contributed by atoms with Gasteiger partial charge in [0.2, 0.25) is 5.88 Å². The number of carbonyl (C=O) groups excluding carboxylic acids is 1. The molecule has 1 amide bonds. The molecule has 1 aromatic heterocycles. The summed E-state index contributed by atoms with van der Waals surface area (Å²) in [6.07, 6.45) is 3.03. The fourth-order valence-corrected chi connectivity index (χ4v) is 2.82. The lowest BCUT2D eigenvalue weighted by molar-refractivity contribution is 0.0273. The first-order valence-electron chi connectivity index (χ1n) is 9.40. The second-order valence-electron chi connectivity index (χ2n) is 6.84. The molecule has 3 aromatic rings. The van der Waals surface area contributed by atoms with Crippen LogP contribution in [0.2, 0.25) is 0 Å². The average Bonchev–Trinajstić information content (AvgIpc) is 3.23. The minimum absolute atomic E-state index is 0.164. The number of aromatic nitrogens is 1. The van der Waals surface area contributed by atoms with E-state index < -0.39 is 0 Å². The molecule has 4 rings (SSSR count). The van der Waals surface area contributed by atoms with Gasteiger partial charge in [0, 0.05) is 20.2 Å². The average molecular weight is 403 g/mol. The van der Waals surface area contributed by atoms with Gasteiger partial charge in [-0.25, -0.2) is 10.5 Å². The molecule has 0 saturated carbocycles. The first-order chi connectivity index (χ1) is 14.6. The number of hydroxylamine groups is 1. The van der Waals surface area contributed by atoms with Crippen LogP contribution in [0.5, 0.6) is 17.2 Å². The second-order valence-corrected chi connectivity index (χ2v) is 6.84. The van der Waals surface area contributed by atoms with Crippen LogP contribution in [0.25, 0.3) is 0 Å². The zero-order valence-corrected chi connectivity index (χ0v) is 16.6. The Labute approximate surface area is 174 Å². The highest BCUT2D eigenvalue weighted by Crippen LogP contribution is 2.28. The van der Waals surface area contributed by atoms with Gasteiger partial charge in [-0.3, -0.25) is 9.63 Å². The van der Waals surface area contributed by atoms with E-state index in [-0.39, 0.29) is 12.0 Å². The summed E-state index contributed by atoms with van der Waals surface area (Å²) in [6, 6.07) is 20.6. The molecular formula is C23H21N3O4. The molecule has 0 bridgehead atoms. The van der Waals surface area contributed by atoms with Crippen molar-refractivity contribution < 1.29 is 19.1 Å². The molecule has 1 N–H and O–H groups in total. The van der Waals surface area contributed by atoms with E-state index in [1.54, 1.807) is 26.2 Å². The Kier molecular flexibility index (Phi) is 5.63. The number of amides is 1. The van der Waals surface area contributed by atoms with Crippen molar-refractivity contribution in [2.24, 2.45) is 0 Å². The standard InChI is InChI=1S/C23H21N3O4/c1-26(2)23(27)20-13-12-19(15-24-20)29-22-14-21(30-25-22)16-8-10-18(11-9-16)28-17-6-4-3-5-7-17/h3-15,21,25H,1-2H3/t21-/m0/s1. The molecule has 1 atom stereocenters. The van der Waals surface area contributed by atoms with E-state index in [9.17, 15) is 4.79 Å². The number of carbonyl (C=O) groups is 1. The summed E-state index contributed by atoms with van der Waals surface area (Å²) < 4.78 is 11.5. The van der Waals surface area contributed by atoms with Crippen LogP contribution < -0.4 is 15.0 Å². The van der Waals surface area contributed by atoms with Gasteiger partial charge in [0.1, 0.15) is 29.0 Å². The lowest BCUT2D eigenvalue weighted by Gasteiger charge is -2.10. The third kappa shape index (κ3) is 4.59. The van der Waals surface area contributed by atoms with E-state index >= 15 is 0 Å². The Morgan fingerprint density at radius 3 is 2.30 bits per heavy atom. The van der Waals surface area contributed by atoms with E-state index in [4.69, 9.17) is 14.3 Å². The topological polar surface area (TPSA) is 72.9 Å². The molecule has 0 spiro atoms. The Bertz CT molecular complexity index is 1030. The largest absolute Gasteiger partial charge is 0.457 e. The molecule has 0 fully saturated rings. The number of nitrogens with zero attached hydrogens (tertiary/aromatic N) is 2. The van der Waals surface area contributed by atoms with E-state index in [2.05, 4.69) is 10.5 Å². The van der Waals surface area contributed by atoms with Crippen LogP contribution in [0.15, 0.2) is 84.9 Å². The number of pyridine rings is 1. The molecule has 152 valence electrons. The maximum Gasteiger partial charge on any atom is 0.271 e. The molecule has 2 aromatic carbocycles. The molecule has 30 heavy (non-hydrogen) atoms. The smallest absolute Gasteiger partial charge is 0.271 e. The maximum absolute atomic E-state index is 11.9. The molecule has 0 unspecified atom stereocenters. The zero-order valence-electron chi connectivity index (χ0n) is 16.6. The van der Waals surface area contributed by atoms with Crippen LogP contribution >= 0.6 is 0 Å². The Hall–Kier alpha value is -3.84. The molecular weight excluding hydrogens is 382 g/mol. The van der Waals surface area contributed by atoms with Crippen LogP contribution in [-0.4, -0.2) is 29.9 Å². The molecule has 1 aliphatic heterocycles. The molecule has 1 aliphatic rings. The summed E-state index contributed by atoms with van der Waals surface area (Å²) in [4.78, 5) is 23.1. The summed E-state index contributed by atoms with van der Waals surface area (Å²) in [6.45, 7) is 0. The first-order valence-corrected chi connectivity index (χ1v) is 9.40. The molecule has 2 heterocycles. The molecule has 7 heteroatoms. The van der Waals surface area contributed by atoms with E-state index in [1.807, 2.05) is 60.7 Å². The highest BCUT2D eigenvalue weighted by molar-refractivity contribution is 5.91. The van der Waals surface area contributed by atoms with Crippen molar-refractivity contribution in [1.82, 2.24) is 15.4 Å². The minimum atomic E-state index is -0.298. The van der Waals surface area contributed by atoms with Gasteiger partial charge in [-0.1, -0.05) is 30.3 Å². The lowest BCUT2D eigenvalue weighted by Crippen LogP contribution is -2.22. The monoisotopic (exact) mass is 403 g/mol. The lowest BCUT2D eigenvalue weighted by atomic mass is 10.1. The molecule has 7 nitrogen and oxygen atoms in total. The van der Waals surface area contributed by atoms with Crippen LogP contribution in [-0.2, 0) is 4.84 Å². The summed E-state index contributed by atoms with van der Waals surface area (Å²) in [5, 5.41) is 0. The quantitative estimate of drug-likeness (QED) is 0.669. The Morgan fingerprint density at radius 1 is 0.933 bits per heavy atom. The zero-order chi connectivity index (χ0) is 20.9. The van der Waals surface area contributed by atoms with Gasteiger partial charge in [-0.05, 0) is 42.0 Å². The van der Waals surface area contributed by atoms with Crippen molar-refractivity contribution in [3.63, 3.8) is 0 Å². The summed E-state index contributed by atoms with van der Waals surface area (Å²) in [5.41, 5.74) is 4.07. The van der Waals surface area contributed by atoms with Gasteiger partial charge < -0.3 is 14.4 Å². The second kappa shape index (κ2) is 8.67. The van der Waals surface area contributed by atoms with Gasteiger partial charge in [0.15, 0.2) is 0 Å². The predicted molar refractivity (Wildman–Crippen MR) is 111 cm³/mol. The maximum atomic E-state index is 11.9.